The highest BCUT2D eigenvalue weighted by Gasteiger charge is 2.08. The maximum absolute atomic E-state index is 12.0. The summed E-state index contributed by atoms with van der Waals surface area (Å²) in [7, 11) is 1.78. The van der Waals surface area contributed by atoms with Gasteiger partial charge >= 0.3 is 6.03 Å². The van der Waals surface area contributed by atoms with Crippen molar-refractivity contribution in [3.05, 3.63) is 71.3 Å². The first-order valence-corrected chi connectivity index (χ1v) is 7.24. The van der Waals surface area contributed by atoms with E-state index in [4.69, 9.17) is 0 Å². The molecule has 2 aromatic rings. The molecule has 3 nitrogen and oxygen atoms in total. The standard InChI is InChI=1S/C19H20N2O/c1-16-9-6-7-13-18(16)15-21(2)19(22)20-14-8-12-17-10-4-3-5-11-17/h3-7,9-11,13H,14-15H2,1-2H3,(H,20,22). The van der Waals surface area contributed by atoms with Crippen molar-refractivity contribution in [1.82, 2.24) is 10.2 Å². The topological polar surface area (TPSA) is 32.3 Å². The van der Waals surface area contributed by atoms with Gasteiger partial charge in [-0.15, -0.1) is 0 Å². The fraction of sp³-hybridized carbons (Fsp3) is 0.211. The molecule has 2 rings (SSSR count). The van der Waals surface area contributed by atoms with Crippen LogP contribution in [0.15, 0.2) is 54.6 Å². The van der Waals surface area contributed by atoms with Crippen LogP contribution in [0.4, 0.5) is 4.79 Å². The van der Waals surface area contributed by atoms with Crippen molar-refractivity contribution in [2.75, 3.05) is 13.6 Å². The predicted molar refractivity (Wildman–Crippen MR) is 89.4 cm³/mol. The highest BCUT2D eigenvalue weighted by Crippen LogP contribution is 2.09. The normalized spacial score (nSPS) is 9.55. The minimum absolute atomic E-state index is 0.120. The van der Waals surface area contributed by atoms with Crippen LogP contribution < -0.4 is 5.32 Å². The van der Waals surface area contributed by atoms with E-state index < -0.39 is 0 Å². The smallest absolute Gasteiger partial charge is 0.318 e. The van der Waals surface area contributed by atoms with Gasteiger partial charge in [0.05, 0.1) is 6.54 Å². The van der Waals surface area contributed by atoms with Gasteiger partial charge in [-0.2, -0.15) is 0 Å². The summed E-state index contributed by atoms with van der Waals surface area (Å²) in [6, 6.07) is 17.7. The monoisotopic (exact) mass is 292 g/mol. The van der Waals surface area contributed by atoms with E-state index in [9.17, 15) is 4.79 Å². The van der Waals surface area contributed by atoms with Gasteiger partial charge in [-0.3, -0.25) is 0 Å². The second-order valence-electron chi connectivity index (χ2n) is 5.11. The number of amides is 2. The molecule has 0 bridgehead atoms. The lowest BCUT2D eigenvalue weighted by Crippen LogP contribution is -2.37. The van der Waals surface area contributed by atoms with E-state index in [1.54, 1.807) is 11.9 Å². The van der Waals surface area contributed by atoms with Gasteiger partial charge in [0.1, 0.15) is 0 Å². The second-order valence-corrected chi connectivity index (χ2v) is 5.11. The molecule has 0 radical (unpaired) electrons. The molecule has 0 saturated carbocycles. The average molecular weight is 292 g/mol. The van der Waals surface area contributed by atoms with Crippen molar-refractivity contribution in [2.24, 2.45) is 0 Å². The largest absolute Gasteiger partial charge is 0.327 e. The molecule has 0 aromatic heterocycles. The summed E-state index contributed by atoms with van der Waals surface area (Å²) >= 11 is 0. The Morgan fingerprint density at radius 3 is 2.50 bits per heavy atom. The summed E-state index contributed by atoms with van der Waals surface area (Å²) in [6.45, 7) is 2.98. The molecule has 2 aromatic carbocycles. The predicted octanol–water partition coefficient (Wildman–Crippen LogP) is 3.19. The second kappa shape index (κ2) is 7.90. The van der Waals surface area contributed by atoms with E-state index in [0.717, 1.165) is 11.1 Å². The minimum Gasteiger partial charge on any atom is -0.327 e. The van der Waals surface area contributed by atoms with Crippen molar-refractivity contribution in [3.63, 3.8) is 0 Å². The fourth-order valence-corrected chi connectivity index (χ4v) is 2.04. The van der Waals surface area contributed by atoms with Crippen molar-refractivity contribution in [3.8, 4) is 11.8 Å². The summed E-state index contributed by atoms with van der Waals surface area (Å²) < 4.78 is 0. The molecule has 0 atom stereocenters. The number of urea groups is 1. The summed E-state index contributed by atoms with van der Waals surface area (Å²) in [5.41, 5.74) is 3.28. The maximum Gasteiger partial charge on any atom is 0.318 e. The van der Waals surface area contributed by atoms with Gasteiger partial charge in [-0.05, 0) is 30.2 Å². The van der Waals surface area contributed by atoms with Crippen LogP contribution in [-0.2, 0) is 6.54 Å². The molecule has 0 fully saturated rings. The van der Waals surface area contributed by atoms with Crippen molar-refractivity contribution < 1.29 is 4.79 Å². The Balaban J connectivity index is 1.82. The molecule has 3 heteroatoms. The highest BCUT2D eigenvalue weighted by molar-refractivity contribution is 5.74. The number of nitrogens with one attached hydrogen (secondary N) is 1. The maximum atomic E-state index is 12.0. The zero-order valence-corrected chi connectivity index (χ0v) is 13.0. The minimum atomic E-state index is -0.120. The van der Waals surface area contributed by atoms with Gasteiger partial charge in [0.15, 0.2) is 0 Å². The number of rotatable bonds is 3. The zero-order chi connectivity index (χ0) is 15.8. The summed E-state index contributed by atoms with van der Waals surface area (Å²) in [5, 5.41) is 2.81. The van der Waals surface area contributed by atoms with E-state index in [2.05, 4.69) is 17.2 Å². The Labute approximate surface area is 132 Å². The van der Waals surface area contributed by atoms with Gasteiger partial charge in [-0.1, -0.05) is 54.3 Å². The number of hydrogen-bond acceptors (Lipinski definition) is 1. The first-order chi connectivity index (χ1) is 10.7. The van der Waals surface area contributed by atoms with Crippen LogP contribution >= 0.6 is 0 Å². The molecule has 22 heavy (non-hydrogen) atoms. The molecular formula is C19H20N2O. The van der Waals surface area contributed by atoms with Gasteiger partial charge in [-0.25, -0.2) is 4.79 Å². The molecule has 112 valence electrons. The molecule has 2 amide bonds. The molecule has 1 N–H and O–H groups in total. The van der Waals surface area contributed by atoms with Crippen LogP contribution in [0.1, 0.15) is 16.7 Å². The van der Waals surface area contributed by atoms with E-state index in [1.165, 1.54) is 5.56 Å². The highest BCUT2D eigenvalue weighted by atomic mass is 16.2. The van der Waals surface area contributed by atoms with Gasteiger partial charge in [0.2, 0.25) is 0 Å². The molecule has 0 aliphatic heterocycles. The summed E-state index contributed by atoms with van der Waals surface area (Å²) in [6.07, 6.45) is 0. The number of hydrogen-bond donors (Lipinski definition) is 1. The summed E-state index contributed by atoms with van der Waals surface area (Å²) in [5.74, 6) is 5.97. The van der Waals surface area contributed by atoms with Crippen molar-refractivity contribution in [1.29, 1.82) is 0 Å². The Morgan fingerprint density at radius 1 is 1.09 bits per heavy atom. The van der Waals surface area contributed by atoms with Crippen LogP contribution in [-0.4, -0.2) is 24.5 Å². The molecular weight excluding hydrogens is 272 g/mol. The summed E-state index contributed by atoms with van der Waals surface area (Å²) in [4.78, 5) is 13.7. The van der Waals surface area contributed by atoms with Gasteiger partial charge in [0.25, 0.3) is 0 Å². The lowest BCUT2D eigenvalue weighted by molar-refractivity contribution is 0.208. The number of nitrogens with zero attached hydrogens (tertiary/aromatic N) is 1. The molecule has 0 spiro atoms. The SMILES string of the molecule is Cc1ccccc1CN(C)C(=O)NCC#Cc1ccccc1. The van der Waals surface area contributed by atoms with Crippen LogP contribution in [0.3, 0.4) is 0 Å². The third kappa shape index (κ3) is 4.68. The van der Waals surface area contributed by atoms with Crippen molar-refractivity contribution >= 4 is 6.03 Å². The van der Waals surface area contributed by atoms with E-state index in [-0.39, 0.29) is 6.03 Å². The molecule has 0 heterocycles. The molecule has 0 saturated heterocycles. The average Bonchev–Trinajstić information content (AvgIpc) is 2.54. The first kappa shape index (κ1) is 15.7. The number of aryl methyl sites for hydroxylation is 1. The number of benzene rings is 2. The molecule has 0 aliphatic carbocycles. The van der Waals surface area contributed by atoms with Gasteiger partial charge < -0.3 is 10.2 Å². The van der Waals surface area contributed by atoms with Crippen LogP contribution in [0, 0.1) is 18.8 Å². The number of carbonyl (C=O) groups is 1. The Hall–Kier alpha value is -2.73. The van der Waals surface area contributed by atoms with Crippen molar-refractivity contribution in [2.45, 2.75) is 13.5 Å². The Morgan fingerprint density at radius 2 is 1.77 bits per heavy atom. The fourth-order valence-electron chi connectivity index (χ4n) is 2.04. The lowest BCUT2D eigenvalue weighted by atomic mass is 10.1. The Bertz CT molecular complexity index is 683. The Kier molecular flexibility index (Phi) is 5.62. The van der Waals surface area contributed by atoms with E-state index in [0.29, 0.717) is 13.1 Å². The quantitative estimate of drug-likeness (QED) is 0.866. The van der Waals surface area contributed by atoms with E-state index in [1.807, 2.05) is 61.5 Å². The van der Waals surface area contributed by atoms with Crippen LogP contribution in [0.5, 0.6) is 0 Å². The number of carbonyl (C=O) groups excluding carboxylic acids is 1. The molecule has 0 unspecified atom stereocenters. The van der Waals surface area contributed by atoms with Crippen LogP contribution in [0.2, 0.25) is 0 Å². The lowest BCUT2D eigenvalue weighted by Gasteiger charge is -2.18. The first-order valence-electron chi connectivity index (χ1n) is 7.24. The third-order valence-corrected chi connectivity index (χ3v) is 3.35. The van der Waals surface area contributed by atoms with E-state index >= 15 is 0 Å². The molecule has 0 aliphatic rings. The zero-order valence-electron chi connectivity index (χ0n) is 13.0. The third-order valence-electron chi connectivity index (χ3n) is 3.35. The van der Waals surface area contributed by atoms with Crippen LogP contribution in [0.25, 0.3) is 0 Å². The van der Waals surface area contributed by atoms with Gasteiger partial charge in [0, 0.05) is 19.2 Å².